The second kappa shape index (κ2) is 12.1. The van der Waals surface area contributed by atoms with Crippen molar-refractivity contribution in [1.29, 1.82) is 0 Å². The van der Waals surface area contributed by atoms with E-state index in [9.17, 15) is 0 Å². The Labute approximate surface area is 312 Å². The van der Waals surface area contributed by atoms with E-state index in [0.29, 0.717) is 5.84 Å². The van der Waals surface area contributed by atoms with Crippen LogP contribution in [0.15, 0.2) is 184 Å². The summed E-state index contributed by atoms with van der Waals surface area (Å²) in [4.78, 5) is 10.7. The maximum Gasteiger partial charge on any atom is 0.161 e. The van der Waals surface area contributed by atoms with Gasteiger partial charge in [-0.3, -0.25) is 0 Å². The second-order valence-corrected chi connectivity index (χ2v) is 15.5. The highest BCUT2D eigenvalue weighted by Gasteiger charge is 2.19. The quantitative estimate of drug-likeness (QED) is 0.179. The maximum absolute atomic E-state index is 6.65. The van der Waals surface area contributed by atoms with Gasteiger partial charge < -0.3 is 4.42 Å². The first-order valence-electron chi connectivity index (χ1n) is 17.6. The summed E-state index contributed by atoms with van der Waals surface area (Å²) in [6.07, 6.45) is 6.24. The van der Waals surface area contributed by atoms with Crippen LogP contribution in [0.1, 0.15) is 16.7 Å². The van der Waals surface area contributed by atoms with Crippen LogP contribution in [0.25, 0.3) is 79.1 Å². The molecule has 0 atom stereocenters. The fourth-order valence-corrected chi connectivity index (χ4v) is 9.97. The van der Waals surface area contributed by atoms with Gasteiger partial charge in [0.15, 0.2) is 5.84 Å². The molecule has 53 heavy (non-hydrogen) atoms. The Morgan fingerprint density at radius 1 is 0.434 bits per heavy atom. The zero-order chi connectivity index (χ0) is 34.9. The number of furan rings is 1. The standard InChI is InChI=1S/C48H28N2OS2/c1-2-11-29(12-3-1)38-17-10-18-39(31-24-25-34-33-13-4-6-20-42(33)53-45(34)28-31)50-48(49-38)37-16-8-19-40-46(37)35-26-23-30(27-41(35)51-40)32-15-9-22-44-47(32)36-14-5-7-21-43(36)52-44/h1-28H/b17-10+,18-10?,38-17?,39-18+,49-38+,49-48?,50-39?,50-48-. The summed E-state index contributed by atoms with van der Waals surface area (Å²) < 4.78 is 11.8. The van der Waals surface area contributed by atoms with Crippen molar-refractivity contribution in [2.24, 2.45) is 9.98 Å². The largest absolute Gasteiger partial charge is 0.456 e. The molecule has 11 rings (SSSR count). The SMILES string of the molecule is C1=C/C(c2ccccc2)=N\C(c2cccc3oc4cc(-c5cccc6sc7ccccc7c56)ccc4c23)=N/C(c2ccc3c(c2)sc2ccccc23)=C/1. The van der Waals surface area contributed by atoms with Gasteiger partial charge in [-0.05, 0) is 65.7 Å². The predicted molar refractivity (Wildman–Crippen MR) is 228 cm³/mol. The van der Waals surface area contributed by atoms with Gasteiger partial charge in [0.05, 0.1) is 11.4 Å². The Hall–Kier alpha value is -6.40. The Morgan fingerprint density at radius 2 is 1.13 bits per heavy atom. The minimum Gasteiger partial charge on any atom is -0.456 e. The molecule has 0 N–H and O–H groups in total. The van der Waals surface area contributed by atoms with Gasteiger partial charge in [-0.1, -0.05) is 115 Å². The van der Waals surface area contributed by atoms with Crippen molar-refractivity contribution in [3.8, 4) is 11.1 Å². The summed E-state index contributed by atoms with van der Waals surface area (Å²) in [6.45, 7) is 0. The van der Waals surface area contributed by atoms with Crippen LogP contribution in [0.4, 0.5) is 0 Å². The molecule has 5 heteroatoms. The van der Waals surface area contributed by atoms with Crippen molar-refractivity contribution in [2.45, 2.75) is 0 Å². The Kier molecular flexibility index (Phi) is 6.90. The minimum absolute atomic E-state index is 0.641. The number of amidine groups is 1. The van der Waals surface area contributed by atoms with E-state index in [2.05, 4.69) is 140 Å². The molecular weight excluding hydrogens is 685 g/mol. The number of fused-ring (bicyclic) bond motifs is 9. The maximum atomic E-state index is 6.65. The van der Waals surface area contributed by atoms with Crippen LogP contribution >= 0.6 is 22.7 Å². The smallest absolute Gasteiger partial charge is 0.161 e. The summed E-state index contributed by atoms with van der Waals surface area (Å²) in [5, 5.41) is 7.17. The van der Waals surface area contributed by atoms with Gasteiger partial charge in [-0.15, -0.1) is 22.7 Å². The first-order valence-corrected chi connectivity index (χ1v) is 19.3. The van der Waals surface area contributed by atoms with Crippen LogP contribution < -0.4 is 0 Å². The van der Waals surface area contributed by atoms with Gasteiger partial charge in [0.2, 0.25) is 0 Å². The number of hydrogen-bond donors (Lipinski definition) is 0. The van der Waals surface area contributed by atoms with Crippen LogP contribution in [0, 0.1) is 0 Å². The number of hydrogen-bond acceptors (Lipinski definition) is 5. The Bertz CT molecular complexity index is 3230. The number of rotatable bonds is 4. The number of thiophene rings is 2. The molecule has 0 aliphatic carbocycles. The summed E-state index contributed by atoms with van der Waals surface area (Å²) in [7, 11) is 0. The molecule has 0 unspecified atom stereocenters. The van der Waals surface area contributed by atoms with Gasteiger partial charge in [0.25, 0.3) is 0 Å². The van der Waals surface area contributed by atoms with Crippen molar-refractivity contribution >= 4 is 102 Å². The van der Waals surface area contributed by atoms with E-state index in [1.54, 1.807) is 0 Å². The molecular formula is C48H28N2OS2. The third-order valence-corrected chi connectivity index (χ3v) is 12.4. The number of nitrogens with zero attached hydrogens (tertiary/aromatic N) is 2. The average Bonchev–Trinajstić information content (AvgIpc) is 3.89. The Balaban J connectivity index is 1.09. The van der Waals surface area contributed by atoms with Gasteiger partial charge >= 0.3 is 0 Å². The normalized spacial score (nSPS) is 17.1. The van der Waals surface area contributed by atoms with E-state index in [-0.39, 0.29) is 0 Å². The minimum atomic E-state index is 0.641. The van der Waals surface area contributed by atoms with Crippen LogP contribution in [0.3, 0.4) is 0 Å². The van der Waals surface area contributed by atoms with Crippen molar-refractivity contribution in [2.75, 3.05) is 0 Å². The lowest BCUT2D eigenvalue weighted by atomic mass is 9.97. The molecule has 3 aromatic heterocycles. The average molecular weight is 713 g/mol. The second-order valence-electron chi connectivity index (χ2n) is 13.3. The predicted octanol–water partition coefficient (Wildman–Crippen LogP) is 13.8. The fraction of sp³-hybridized carbons (Fsp3) is 0. The monoisotopic (exact) mass is 712 g/mol. The van der Waals surface area contributed by atoms with Gasteiger partial charge in [0, 0.05) is 67.8 Å². The van der Waals surface area contributed by atoms with E-state index < -0.39 is 0 Å². The molecule has 4 heterocycles. The Morgan fingerprint density at radius 3 is 2.04 bits per heavy atom. The highest BCUT2D eigenvalue weighted by molar-refractivity contribution is 7.26. The molecule has 0 saturated heterocycles. The van der Waals surface area contributed by atoms with E-state index in [1.807, 2.05) is 53.0 Å². The molecule has 0 amide bonds. The summed E-state index contributed by atoms with van der Waals surface area (Å²) in [5.74, 6) is 0.641. The number of benzene rings is 7. The molecule has 3 nitrogen and oxygen atoms in total. The summed E-state index contributed by atoms with van der Waals surface area (Å²) in [6, 6.07) is 53.6. The van der Waals surface area contributed by atoms with E-state index in [1.165, 1.54) is 45.9 Å². The van der Waals surface area contributed by atoms with Crippen molar-refractivity contribution in [3.63, 3.8) is 0 Å². The van der Waals surface area contributed by atoms with Crippen molar-refractivity contribution < 1.29 is 4.42 Å². The molecule has 0 bridgehead atoms. The van der Waals surface area contributed by atoms with Gasteiger partial charge in [-0.25, -0.2) is 9.98 Å². The first kappa shape index (κ1) is 30.2. The molecule has 1 aliphatic heterocycles. The molecule has 10 aromatic rings. The zero-order valence-corrected chi connectivity index (χ0v) is 29.9. The molecule has 248 valence electrons. The topological polar surface area (TPSA) is 37.9 Å². The van der Waals surface area contributed by atoms with Crippen LogP contribution in [-0.4, -0.2) is 11.5 Å². The summed E-state index contributed by atoms with van der Waals surface area (Å²) in [5.41, 5.74) is 8.70. The van der Waals surface area contributed by atoms with Crippen LogP contribution in [0.5, 0.6) is 0 Å². The van der Waals surface area contributed by atoms with Gasteiger partial charge in [0.1, 0.15) is 11.2 Å². The lowest BCUT2D eigenvalue weighted by molar-refractivity contribution is 0.669. The van der Waals surface area contributed by atoms with Crippen molar-refractivity contribution in [3.05, 3.63) is 187 Å². The number of aliphatic imine (C=N–C) groups is 2. The molecule has 0 saturated carbocycles. The lowest BCUT2D eigenvalue weighted by Crippen LogP contribution is -2.07. The molecule has 7 aromatic carbocycles. The molecule has 0 fully saturated rings. The summed E-state index contributed by atoms with van der Waals surface area (Å²) >= 11 is 3.66. The van der Waals surface area contributed by atoms with E-state index >= 15 is 0 Å². The van der Waals surface area contributed by atoms with Crippen molar-refractivity contribution in [1.82, 2.24) is 0 Å². The molecule has 0 spiro atoms. The highest BCUT2D eigenvalue weighted by atomic mass is 32.1. The molecule has 0 radical (unpaired) electrons. The van der Waals surface area contributed by atoms with Crippen LogP contribution in [-0.2, 0) is 0 Å². The third-order valence-electron chi connectivity index (χ3n) is 10.2. The zero-order valence-electron chi connectivity index (χ0n) is 28.3. The highest BCUT2D eigenvalue weighted by Crippen LogP contribution is 2.42. The molecule has 1 aliphatic rings. The fourth-order valence-electron chi connectivity index (χ4n) is 7.69. The lowest BCUT2D eigenvalue weighted by Gasteiger charge is -2.11. The number of allylic oxidation sites excluding steroid dienone is 3. The van der Waals surface area contributed by atoms with E-state index in [4.69, 9.17) is 14.4 Å². The van der Waals surface area contributed by atoms with Crippen LogP contribution in [0.2, 0.25) is 0 Å². The first-order chi connectivity index (χ1) is 26.2. The van der Waals surface area contributed by atoms with Gasteiger partial charge in [-0.2, -0.15) is 0 Å². The van der Waals surface area contributed by atoms with E-state index in [0.717, 1.165) is 55.6 Å². The third kappa shape index (κ3) is 5.01.